The van der Waals surface area contributed by atoms with Crippen LogP contribution in [0.4, 0.5) is 13.2 Å². The van der Waals surface area contributed by atoms with E-state index >= 15 is 0 Å². The molecule has 2 aromatic rings. The van der Waals surface area contributed by atoms with Crippen molar-refractivity contribution in [3.63, 3.8) is 0 Å². The third kappa shape index (κ3) is 3.97. The summed E-state index contributed by atoms with van der Waals surface area (Å²) >= 11 is 0. The molecular formula is C23H25F3N2O5S. The molecule has 1 aromatic heterocycles. The summed E-state index contributed by atoms with van der Waals surface area (Å²) in [4.78, 5) is 19.6. The molecule has 34 heavy (non-hydrogen) atoms. The van der Waals surface area contributed by atoms with Gasteiger partial charge in [0.1, 0.15) is 12.0 Å². The van der Waals surface area contributed by atoms with Crippen LogP contribution < -0.4 is 4.74 Å². The summed E-state index contributed by atoms with van der Waals surface area (Å²) in [7, 11) is -3.69. The number of amides is 1. The van der Waals surface area contributed by atoms with Crippen LogP contribution in [0.3, 0.4) is 0 Å². The van der Waals surface area contributed by atoms with Gasteiger partial charge in [-0.15, -0.1) is 0 Å². The molecule has 7 nitrogen and oxygen atoms in total. The summed E-state index contributed by atoms with van der Waals surface area (Å²) in [6.07, 6.45) is -0.337. The Hall–Kier alpha value is -2.56. The molecule has 0 N–H and O–H groups in total. The van der Waals surface area contributed by atoms with Crippen molar-refractivity contribution in [3.8, 4) is 5.75 Å². The van der Waals surface area contributed by atoms with Crippen LogP contribution in [0.1, 0.15) is 60.5 Å². The molecule has 5 rings (SSSR count). The summed E-state index contributed by atoms with van der Waals surface area (Å²) in [6, 6.07) is 3.37. The van der Waals surface area contributed by atoms with Gasteiger partial charge in [-0.1, -0.05) is 0 Å². The summed E-state index contributed by atoms with van der Waals surface area (Å²) in [6.45, 7) is 1.58. The zero-order valence-electron chi connectivity index (χ0n) is 18.8. The van der Waals surface area contributed by atoms with Crippen molar-refractivity contribution < 1.29 is 35.5 Å². The summed E-state index contributed by atoms with van der Waals surface area (Å²) in [5.74, 6) is 0.377. The van der Waals surface area contributed by atoms with Gasteiger partial charge in [-0.05, 0) is 56.7 Å². The molecule has 1 aliphatic heterocycles. The topological polar surface area (TPSA) is 89.7 Å². The van der Waals surface area contributed by atoms with Crippen molar-refractivity contribution in [3.05, 3.63) is 41.6 Å². The number of ether oxygens (including phenoxy) is 1. The van der Waals surface area contributed by atoms with Crippen molar-refractivity contribution >= 4 is 15.7 Å². The molecule has 2 heterocycles. The minimum Gasteiger partial charge on any atom is -0.480 e. The first-order valence-corrected chi connectivity index (χ1v) is 13.1. The fourth-order valence-electron chi connectivity index (χ4n) is 4.89. The Morgan fingerprint density at radius 2 is 2.03 bits per heavy atom. The summed E-state index contributed by atoms with van der Waals surface area (Å²) in [5.41, 5.74) is 0.267. The lowest BCUT2D eigenvalue weighted by Gasteiger charge is -2.42. The molecule has 2 aliphatic carbocycles. The standard InChI is InChI=1S/C23H25F3N2O5S/c1-13(23(24,25)26)33-18-6-5-16(34(2,30)31)9-17(18)21(29)28-10-15-7-8-22(15,12-28)19-11-32-20(27-19)14-3-4-14/h5-6,9,11,13-15H,3-4,7-8,10,12H2,1-2H3/t13-,15?,22?/m1/s1. The smallest absolute Gasteiger partial charge is 0.425 e. The van der Waals surface area contributed by atoms with E-state index in [1.54, 1.807) is 11.2 Å². The molecule has 0 radical (unpaired) electrons. The largest absolute Gasteiger partial charge is 0.480 e. The molecular weight excluding hydrogens is 473 g/mol. The van der Waals surface area contributed by atoms with Gasteiger partial charge in [-0.2, -0.15) is 13.2 Å². The van der Waals surface area contributed by atoms with Crippen molar-refractivity contribution in [1.29, 1.82) is 0 Å². The molecule has 1 saturated heterocycles. The highest BCUT2D eigenvalue weighted by Crippen LogP contribution is 2.54. The van der Waals surface area contributed by atoms with Gasteiger partial charge >= 0.3 is 6.18 Å². The van der Waals surface area contributed by atoms with E-state index < -0.39 is 28.0 Å². The molecule has 3 atom stereocenters. The Kier molecular flexibility index (Phi) is 5.27. The Balaban J connectivity index is 1.45. The van der Waals surface area contributed by atoms with Gasteiger partial charge in [0.05, 0.1) is 16.2 Å². The normalized spacial score (nSPS) is 25.6. The van der Waals surface area contributed by atoms with E-state index in [4.69, 9.17) is 14.1 Å². The second-order valence-corrected chi connectivity index (χ2v) is 11.7. The average molecular weight is 499 g/mol. The number of hydrogen-bond donors (Lipinski definition) is 0. The maximum Gasteiger partial charge on any atom is 0.425 e. The van der Waals surface area contributed by atoms with Crippen molar-refractivity contribution in [2.45, 2.75) is 61.1 Å². The third-order valence-electron chi connectivity index (χ3n) is 7.25. The first-order valence-electron chi connectivity index (χ1n) is 11.2. The number of sulfone groups is 1. The monoisotopic (exact) mass is 498 g/mol. The molecule has 2 saturated carbocycles. The van der Waals surface area contributed by atoms with Gasteiger partial charge < -0.3 is 14.1 Å². The fraction of sp³-hybridized carbons (Fsp3) is 0.565. The fourth-order valence-corrected chi connectivity index (χ4v) is 5.53. The molecule has 3 fully saturated rings. The Morgan fingerprint density at radius 3 is 2.62 bits per heavy atom. The maximum absolute atomic E-state index is 13.5. The summed E-state index contributed by atoms with van der Waals surface area (Å²) < 4.78 is 74.2. The Morgan fingerprint density at radius 1 is 1.29 bits per heavy atom. The van der Waals surface area contributed by atoms with E-state index in [1.165, 1.54) is 0 Å². The van der Waals surface area contributed by atoms with Crippen LogP contribution >= 0.6 is 0 Å². The lowest BCUT2D eigenvalue weighted by molar-refractivity contribution is -0.189. The highest BCUT2D eigenvalue weighted by Gasteiger charge is 2.57. The number of aromatic nitrogens is 1. The second-order valence-electron chi connectivity index (χ2n) is 9.65. The first kappa shape index (κ1) is 23.2. The number of carbonyl (C=O) groups is 1. The number of fused-ring (bicyclic) bond motifs is 1. The van der Waals surface area contributed by atoms with Gasteiger partial charge in [0, 0.05) is 30.7 Å². The number of oxazole rings is 1. The number of nitrogens with zero attached hydrogens (tertiary/aromatic N) is 2. The molecule has 1 aromatic carbocycles. The molecule has 3 aliphatic rings. The number of rotatable bonds is 6. The minimum atomic E-state index is -4.64. The molecule has 0 spiro atoms. The highest BCUT2D eigenvalue weighted by atomic mass is 32.2. The Bertz CT molecular complexity index is 1240. The van der Waals surface area contributed by atoms with Crippen molar-refractivity contribution in [2.24, 2.45) is 5.92 Å². The van der Waals surface area contributed by atoms with Crippen LogP contribution in [-0.2, 0) is 15.3 Å². The predicted molar refractivity (Wildman–Crippen MR) is 114 cm³/mol. The van der Waals surface area contributed by atoms with Crippen molar-refractivity contribution in [1.82, 2.24) is 9.88 Å². The SMILES string of the molecule is C[C@@H](Oc1ccc(S(C)(=O)=O)cc1C(=O)N1CC2CCC2(c2coc(C3CC3)n2)C1)C(F)(F)F. The van der Waals surface area contributed by atoms with Crippen LogP contribution in [0.25, 0.3) is 0 Å². The van der Waals surface area contributed by atoms with Gasteiger partial charge in [0.15, 0.2) is 21.8 Å². The first-order chi connectivity index (χ1) is 15.9. The van der Waals surface area contributed by atoms with Crippen LogP contribution in [-0.4, -0.2) is 55.8 Å². The lowest BCUT2D eigenvalue weighted by Crippen LogP contribution is -2.44. The van der Waals surface area contributed by atoms with E-state index in [0.717, 1.165) is 68.6 Å². The maximum atomic E-state index is 13.5. The molecule has 11 heteroatoms. The zero-order valence-corrected chi connectivity index (χ0v) is 19.6. The van der Waals surface area contributed by atoms with E-state index in [0.29, 0.717) is 19.0 Å². The number of carbonyl (C=O) groups excluding carboxylic acids is 1. The average Bonchev–Trinajstić information content (AvgIpc) is 3.41. The number of halogens is 3. The predicted octanol–water partition coefficient (Wildman–Crippen LogP) is 4.09. The van der Waals surface area contributed by atoms with Gasteiger partial charge in [0.25, 0.3) is 5.91 Å². The van der Waals surface area contributed by atoms with E-state index in [9.17, 15) is 26.4 Å². The Labute approximate surface area is 195 Å². The number of likely N-dealkylation sites (tertiary alicyclic amines) is 1. The second kappa shape index (κ2) is 7.73. The third-order valence-corrected chi connectivity index (χ3v) is 8.36. The highest BCUT2D eigenvalue weighted by molar-refractivity contribution is 7.90. The van der Waals surface area contributed by atoms with Crippen LogP contribution in [0.2, 0.25) is 0 Å². The quantitative estimate of drug-likeness (QED) is 0.596. The molecule has 2 unspecified atom stereocenters. The number of benzene rings is 1. The van der Waals surface area contributed by atoms with E-state index in [-0.39, 0.29) is 27.5 Å². The lowest BCUT2D eigenvalue weighted by atomic mass is 9.60. The zero-order chi connectivity index (χ0) is 24.5. The van der Waals surface area contributed by atoms with Gasteiger partial charge in [-0.3, -0.25) is 4.79 Å². The van der Waals surface area contributed by atoms with Crippen molar-refractivity contribution in [2.75, 3.05) is 19.3 Å². The number of hydrogen-bond acceptors (Lipinski definition) is 6. The molecule has 0 bridgehead atoms. The van der Waals surface area contributed by atoms with Crippen LogP contribution in [0.15, 0.2) is 33.8 Å². The number of alkyl halides is 3. The minimum absolute atomic E-state index is 0.158. The van der Waals surface area contributed by atoms with Crippen LogP contribution in [0, 0.1) is 5.92 Å². The van der Waals surface area contributed by atoms with E-state index in [2.05, 4.69) is 0 Å². The van der Waals surface area contributed by atoms with Gasteiger partial charge in [-0.25, -0.2) is 13.4 Å². The summed E-state index contributed by atoms with van der Waals surface area (Å²) in [5, 5.41) is 0. The molecule has 184 valence electrons. The van der Waals surface area contributed by atoms with E-state index in [1.807, 2.05) is 0 Å². The van der Waals surface area contributed by atoms with Gasteiger partial charge in [0.2, 0.25) is 0 Å². The van der Waals surface area contributed by atoms with Crippen LogP contribution in [0.5, 0.6) is 5.75 Å². The molecule has 1 amide bonds.